The Morgan fingerprint density at radius 3 is 2.50 bits per heavy atom. The van der Waals surface area contributed by atoms with Gasteiger partial charge in [0.25, 0.3) is 5.91 Å². The molecule has 1 aromatic carbocycles. The minimum Gasteiger partial charge on any atom is -0.381 e. The molecule has 2 amide bonds. The van der Waals surface area contributed by atoms with E-state index >= 15 is 0 Å². The molecule has 2 aromatic rings. The van der Waals surface area contributed by atoms with Crippen molar-refractivity contribution in [2.75, 3.05) is 13.2 Å². The lowest BCUT2D eigenvalue weighted by atomic mass is 9.90. The zero-order valence-corrected chi connectivity index (χ0v) is 17.9. The fourth-order valence-electron chi connectivity index (χ4n) is 4.67. The van der Waals surface area contributed by atoms with E-state index in [1.807, 2.05) is 0 Å². The molecule has 182 valence electrons. The number of aryl methyl sites for hydroxylation is 1. The first-order chi connectivity index (χ1) is 16.0. The van der Waals surface area contributed by atoms with Crippen LogP contribution in [0.25, 0.3) is 0 Å². The highest BCUT2D eigenvalue weighted by Crippen LogP contribution is 2.48. The second kappa shape index (κ2) is 8.03. The van der Waals surface area contributed by atoms with Gasteiger partial charge in [-0.05, 0) is 43.4 Å². The van der Waals surface area contributed by atoms with E-state index in [0.717, 1.165) is 12.1 Å². The summed E-state index contributed by atoms with van der Waals surface area (Å²) in [5.41, 5.74) is -0.458. The quantitative estimate of drug-likeness (QED) is 0.657. The predicted octanol–water partition coefficient (Wildman–Crippen LogP) is 3.39. The largest absolute Gasteiger partial charge is 0.452 e. The molecule has 0 radical (unpaired) electrons. The van der Waals surface area contributed by atoms with Gasteiger partial charge in [0.1, 0.15) is 17.7 Å². The number of halogens is 5. The number of aromatic nitrogens is 1. The van der Waals surface area contributed by atoms with Crippen molar-refractivity contribution in [2.24, 2.45) is 11.8 Å². The maximum absolute atomic E-state index is 14.7. The first-order valence-electron chi connectivity index (χ1n) is 10.7. The van der Waals surface area contributed by atoms with Crippen molar-refractivity contribution >= 4 is 11.8 Å². The van der Waals surface area contributed by atoms with Crippen LogP contribution in [0.15, 0.2) is 22.7 Å². The van der Waals surface area contributed by atoms with Gasteiger partial charge >= 0.3 is 6.18 Å². The minimum absolute atomic E-state index is 0.0305. The van der Waals surface area contributed by atoms with Crippen molar-refractivity contribution in [1.82, 2.24) is 15.4 Å². The molecule has 7 nitrogen and oxygen atoms in total. The van der Waals surface area contributed by atoms with E-state index < -0.39 is 53.2 Å². The number of nitrogens with one attached hydrogen (secondary N) is 1. The van der Waals surface area contributed by atoms with Crippen LogP contribution < -0.4 is 5.32 Å². The van der Waals surface area contributed by atoms with Gasteiger partial charge in [0.2, 0.25) is 11.7 Å². The first-order valence-corrected chi connectivity index (χ1v) is 10.7. The lowest BCUT2D eigenvalue weighted by Crippen LogP contribution is -2.51. The molecule has 34 heavy (non-hydrogen) atoms. The van der Waals surface area contributed by atoms with Gasteiger partial charge in [-0.15, -0.1) is 0 Å². The van der Waals surface area contributed by atoms with Crippen molar-refractivity contribution in [3.05, 3.63) is 52.4 Å². The van der Waals surface area contributed by atoms with Crippen molar-refractivity contribution < 1.29 is 40.8 Å². The zero-order chi connectivity index (χ0) is 24.4. The maximum atomic E-state index is 14.7. The van der Waals surface area contributed by atoms with Crippen LogP contribution in [0.3, 0.4) is 0 Å². The average Bonchev–Trinajstić information content (AvgIpc) is 3.14. The van der Waals surface area contributed by atoms with E-state index in [-0.39, 0.29) is 42.2 Å². The summed E-state index contributed by atoms with van der Waals surface area (Å²) in [4.78, 5) is 27.4. The van der Waals surface area contributed by atoms with E-state index in [0.29, 0.717) is 18.9 Å². The summed E-state index contributed by atoms with van der Waals surface area (Å²) >= 11 is 0. The number of carbonyl (C=O) groups is 2. The molecule has 1 aliphatic carbocycles. The summed E-state index contributed by atoms with van der Waals surface area (Å²) in [6.07, 6.45) is -3.87. The highest BCUT2D eigenvalue weighted by molar-refractivity contribution is 5.97. The number of ether oxygens (including phenoxy) is 1. The topological polar surface area (TPSA) is 84.7 Å². The molecule has 3 fully saturated rings. The molecular weight excluding hydrogens is 465 g/mol. The Morgan fingerprint density at radius 1 is 1.15 bits per heavy atom. The SMILES string of the molecule is Cc1cc(F)c([C@H](NC(=O)[C@H]2C[C@H]3C[C@H]3N2C(=O)c2cc(C(F)(F)F)on2)C2COC2)cc1F. The molecule has 1 saturated carbocycles. The Labute approximate surface area is 190 Å². The number of nitrogens with zero attached hydrogens (tertiary/aromatic N) is 2. The number of alkyl halides is 3. The highest BCUT2D eigenvalue weighted by atomic mass is 19.4. The summed E-state index contributed by atoms with van der Waals surface area (Å²) < 4.78 is 76.8. The van der Waals surface area contributed by atoms with Crippen LogP contribution in [0.2, 0.25) is 0 Å². The maximum Gasteiger partial charge on any atom is 0.452 e. The molecule has 3 heterocycles. The van der Waals surface area contributed by atoms with Crippen molar-refractivity contribution in [3.63, 3.8) is 0 Å². The van der Waals surface area contributed by atoms with Gasteiger partial charge in [-0.3, -0.25) is 9.59 Å². The monoisotopic (exact) mass is 485 g/mol. The summed E-state index contributed by atoms with van der Waals surface area (Å²) in [6, 6.07) is 0.419. The summed E-state index contributed by atoms with van der Waals surface area (Å²) in [5.74, 6) is -4.43. The van der Waals surface area contributed by atoms with Crippen molar-refractivity contribution in [3.8, 4) is 0 Å². The molecule has 5 rings (SSSR count). The van der Waals surface area contributed by atoms with Gasteiger partial charge in [0.15, 0.2) is 5.69 Å². The first kappa shape index (κ1) is 22.8. The van der Waals surface area contributed by atoms with Crippen molar-refractivity contribution in [1.29, 1.82) is 0 Å². The molecule has 1 aromatic heterocycles. The fraction of sp³-hybridized carbons (Fsp3) is 0.500. The Kier molecular flexibility index (Phi) is 5.38. The predicted molar refractivity (Wildman–Crippen MR) is 104 cm³/mol. The third kappa shape index (κ3) is 3.93. The van der Waals surface area contributed by atoms with Crippen LogP contribution in [0.1, 0.15) is 46.3 Å². The highest BCUT2D eigenvalue weighted by Gasteiger charge is 2.57. The molecule has 3 aliphatic rings. The van der Waals surface area contributed by atoms with E-state index in [9.17, 15) is 31.5 Å². The second-order valence-electron chi connectivity index (χ2n) is 9.01. The third-order valence-electron chi connectivity index (χ3n) is 6.70. The lowest BCUT2D eigenvalue weighted by molar-refractivity contribution is -0.155. The summed E-state index contributed by atoms with van der Waals surface area (Å²) in [7, 11) is 0. The molecule has 2 saturated heterocycles. The van der Waals surface area contributed by atoms with Gasteiger partial charge in [-0.25, -0.2) is 8.78 Å². The zero-order valence-electron chi connectivity index (χ0n) is 17.9. The molecule has 1 N–H and O–H groups in total. The molecule has 0 unspecified atom stereocenters. The van der Waals surface area contributed by atoms with Gasteiger partial charge in [0, 0.05) is 23.6 Å². The van der Waals surface area contributed by atoms with Crippen LogP contribution in [0.4, 0.5) is 22.0 Å². The van der Waals surface area contributed by atoms with Crippen LogP contribution in [0, 0.1) is 30.4 Å². The molecule has 0 spiro atoms. The Morgan fingerprint density at radius 2 is 1.88 bits per heavy atom. The molecule has 2 aliphatic heterocycles. The normalized spacial score (nSPS) is 25.0. The van der Waals surface area contributed by atoms with Gasteiger partial charge < -0.3 is 19.5 Å². The van der Waals surface area contributed by atoms with Crippen LogP contribution >= 0.6 is 0 Å². The third-order valence-corrected chi connectivity index (χ3v) is 6.70. The number of carbonyl (C=O) groups excluding carboxylic acids is 2. The molecule has 12 heteroatoms. The number of hydrogen-bond donors (Lipinski definition) is 1. The van der Waals surface area contributed by atoms with E-state index in [4.69, 9.17) is 4.74 Å². The Bertz CT molecular complexity index is 1150. The molecule has 4 atom stereocenters. The van der Waals surface area contributed by atoms with Gasteiger partial charge in [-0.2, -0.15) is 13.2 Å². The number of fused-ring (bicyclic) bond motifs is 1. The smallest absolute Gasteiger partial charge is 0.381 e. The van der Waals surface area contributed by atoms with Crippen LogP contribution in [-0.2, 0) is 15.7 Å². The van der Waals surface area contributed by atoms with E-state index in [2.05, 4.69) is 15.0 Å². The summed E-state index contributed by atoms with van der Waals surface area (Å²) in [5, 5.41) is 5.97. The van der Waals surface area contributed by atoms with E-state index in [1.54, 1.807) is 0 Å². The lowest BCUT2D eigenvalue weighted by Gasteiger charge is -2.36. The second-order valence-corrected chi connectivity index (χ2v) is 9.01. The number of benzene rings is 1. The molecular formula is C22H20F5N3O4. The number of amides is 2. The standard InChI is InChI=1S/C22H20F5N3O4/c1-9-2-14(24)12(5-13(9)23)19(11-7-33-8-11)28-20(31)17-4-10-3-16(10)30(17)21(32)15-6-18(34-29-15)22(25,26)27/h2,5-6,10-11,16-17,19H,3-4,7-8H2,1H3,(H,28,31)/t10-,16-,17-,19-/m1/s1. The summed E-state index contributed by atoms with van der Waals surface area (Å²) in [6.45, 7) is 1.89. The fourth-order valence-corrected chi connectivity index (χ4v) is 4.67. The van der Waals surface area contributed by atoms with Crippen LogP contribution in [0.5, 0.6) is 0 Å². The van der Waals surface area contributed by atoms with Crippen molar-refractivity contribution in [2.45, 2.75) is 44.1 Å². The van der Waals surface area contributed by atoms with E-state index in [1.165, 1.54) is 11.8 Å². The minimum atomic E-state index is -4.80. The van der Waals surface area contributed by atoms with Gasteiger partial charge in [-0.1, -0.05) is 5.16 Å². The molecule has 0 bridgehead atoms. The number of likely N-dealkylation sites (tertiary alicyclic amines) is 1. The number of piperidine rings is 1. The number of hydrogen-bond acceptors (Lipinski definition) is 5. The Hall–Kier alpha value is -3.02. The van der Waals surface area contributed by atoms with Gasteiger partial charge in [0.05, 0.1) is 19.3 Å². The average molecular weight is 485 g/mol. The van der Waals surface area contributed by atoms with Crippen LogP contribution in [-0.4, -0.2) is 47.2 Å². The Balaban J connectivity index is 1.38. The number of rotatable bonds is 5.